The minimum atomic E-state index is -2.17. The Morgan fingerprint density at radius 3 is 1.00 bits per heavy atom. The molecule has 0 aliphatic rings. The Hall–Kier alpha value is 2.04. The maximum Gasteiger partial charge on any atom is 0.631 e. The molecule has 6 heteroatoms. The molecule has 0 spiro atoms. The van der Waals surface area contributed by atoms with Crippen LogP contribution in [0.2, 0.25) is 0 Å². The summed E-state index contributed by atoms with van der Waals surface area (Å²) in [5.41, 5.74) is 0. The van der Waals surface area contributed by atoms with E-state index in [9.17, 15) is 0 Å². The molecule has 0 radical (unpaired) electrons. The molecule has 6 heavy (non-hydrogen) atoms. The topological polar surface area (TPSA) is 60.7 Å². The fourth-order valence-electron chi connectivity index (χ4n) is 0. The van der Waals surface area contributed by atoms with E-state index in [1.807, 2.05) is 0 Å². The van der Waals surface area contributed by atoms with Gasteiger partial charge in [0.1, 0.15) is 0 Å². The first kappa shape index (κ1) is 15.7. The molecule has 0 atom stereocenters. The Bertz CT molecular complexity index is 15.5. The second kappa shape index (κ2) is 10.1. The normalized spacial score (nSPS) is 4.50. The van der Waals surface area contributed by atoms with E-state index in [1.54, 1.807) is 0 Å². The first-order chi connectivity index (χ1) is 1.73. The van der Waals surface area contributed by atoms with E-state index in [0.717, 1.165) is 0 Å². The molecule has 0 fully saturated rings. The van der Waals surface area contributed by atoms with E-state index < -0.39 is 7.32 Å². The quantitative estimate of drug-likeness (QED) is 0.400. The van der Waals surface area contributed by atoms with Crippen molar-refractivity contribution in [1.29, 1.82) is 0 Å². The zero-order chi connectivity index (χ0) is 3.58. The van der Waals surface area contributed by atoms with Gasteiger partial charge >= 0.3 is 30.4 Å². The molecule has 0 aromatic carbocycles. The monoisotopic (exact) mass is 246 g/mol. The van der Waals surface area contributed by atoms with Crippen molar-refractivity contribution in [3.05, 3.63) is 0 Å². The van der Waals surface area contributed by atoms with Crippen LogP contribution in [0.25, 0.3) is 0 Å². The fraction of sp³-hybridized carbons (Fsp3) is 0. The van der Waals surface area contributed by atoms with Gasteiger partial charge in [0, 0.05) is 39.9 Å². The van der Waals surface area contributed by atoms with Gasteiger partial charge in [0.25, 0.3) is 0 Å². The van der Waals surface area contributed by atoms with E-state index >= 15 is 0 Å². The average molecular weight is 245 g/mol. The van der Waals surface area contributed by atoms with Crippen molar-refractivity contribution < 1.29 is 55.0 Å². The summed E-state index contributed by atoms with van der Waals surface area (Å²) in [5, 5.41) is 21.5. The van der Waals surface area contributed by atoms with E-state index in [2.05, 4.69) is 0 Å². The predicted octanol–water partition coefficient (Wildman–Crippen LogP) is -2.97. The van der Waals surface area contributed by atoms with Gasteiger partial charge in [-0.05, 0) is 0 Å². The number of rotatable bonds is 0. The molecule has 0 unspecified atom stereocenters. The van der Waals surface area contributed by atoms with Crippen molar-refractivity contribution in [2.75, 3.05) is 0 Å². The second-order valence-electron chi connectivity index (χ2n) is 0.346. The van der Waals surface area contributed by atoms with Crippen molar-refractivity contribution >= 4 is 30.4 Å². The summed E-state index contributed by atoms with van der Waals surface area (Å²) in [6, 6.07) is 0. The van der Waals surface area contributed by atoms with Crippen LogP contribution in [0.5, 0.6) is 0 Å². The minimum Gasteiger partial charge on any atom is -0.402 e. The Morgan fingerprint density at radius 2 is 1.00 bits per heavy atom. The molecular formula is H5BGdMgO3. The van der Waals surface area contributed by atoms with Gasteiger partial charge in [-0.15, -0.1) is 0 Å². The Labute approximate surface area is 84.1 Å². The number of hydrogen-bond acceptors (Lipinski definition) is 3. The Morgan fingerprint density at radius 1 is 1.00 bits per heavy atom. The first-order valence-corrected chi connectivity index (χ1v) is 0.775. The van der Waals surface area contributed by atoms with Crippen molar-refractivity contribution in [3.63, 3.8) is 0 Å². The Kier molecular flexibility index (Phi) is 26.4. The van der Waals surface area contributed by atoms with E-state index in [4.69, 9.17) is 15.1 Å². The van der Waals surface area contributed by atoms with Crippen LogP contribution >= 0.6 is 0 Å². The molecule has 0 rings (SSSR count). The molecule has 3 nitrogen and oxygen atoms in total. The third kappa shape index (κ3) is 36.9. The maximum atomic E-state index is 7.17. The fourth-order valence-corrected chi connectivity index (χ4v) is 0. The SMILES string of the molecule is OB(O)O.[Gd].[MgH2]. The van der Waals surface area contributed by atoms with E-state index in [0.29, 0.717) is 0 Å². The van der Waals surface area contributed by atoms with Crippen LogP contribution in [-0.2, 0) is 0 Å². The molecule has 0 aromatic heterocycles. The molecule has 36 valence electrons. The summed E-state index contributed by atoms with van der Waals surface area (Å²) in [5.74, 6) is 0. The second-order valence-corrected chi connectivity index (χ2v) is 0.346. The van der Waals surface area contributed by atoms with Crippen LogP contribution in [0, 0.1) is 39.9 Å². The molecule has 0 aromatic rings. The van der Waals surface area contributed by atoms with E-state index in [-0.39, 0.29) is 63.0 Å². The van der Waals surface area contributed by atoms with Gasteiger partial charge in [0.15, 0.2) is 0 Å². The predicted molar refractivity (Wildman–Crippen MR) is 21.0 cm³/mol. The van der Waals surface area contributed by atoms with Crippen LogP contribution in [0.1, 0.15) is 0 Å². The van der Waals surface area contributed by atoms with Crippen LogP contribution in [0.4, 0.5) is 0 Å². The average Bonchev–Trinajstić information content (AvgIpc) is 0.811. The van der Waals surface area contributed by atoms with Crippen molar-refractivity contribution in [2.24, 2.45) is 0 Å². The first-order valence-electron chi connectivity index (χ1n) is 0.775. The zero-order valence-corrected chi connectivity index (χ0v) is 4.54. The van der Waals surface area contributed by atoms with Gasteiger partial charge in [-0.2, -0.15) is 0 Å². The van der Waals surface area contributed by atoms with Gasteiger partial charge in [0.2, 0.25) is 0 Å². The van der Waals surface area contributed by atoms with Crippen LogP contribution in [0.15, 0.2) is 0 Å². The van der Waals surface area contributed by atoms with Gasteiger partial charge < -0.3 is 15.1 Å². The van der Waals surface area contributed by atoms with Gasteiger partial charge in [-0.25, -0.2) is 0 Å². The van der Waals surface area contributed by atoms with Gasteiger partial charge in [-0.1, -0.05) is 0 Å². The van der Waals surface area contributed by atoms with Crippen molar-refractivity contribution in [2.45, 2.75) is 0 Å². The van der Waals surface area contributed by atoms with Crippen LogP contribution < -0.4 is 0 Å². The molecule has 0 aliphatic carbocycles. The van der Waals surface area contributed by atoms with Gasteiger partial charge in [0.05, 0.1) is 0 Å². The van der Waals surface area contributed by atoms with E-state index in [1.165, 1.54) is 0 Å². The molecule has 0 bridgehead atoms. The zero-order valence-electron chi connectivity index (χ0n) is 2.27. The minimum absolute atomic E-state index is 0. The largest absolute Gasteiger partial charge is 0.631 e. The summed E-state index contributed by atoms with van der Waals surface area (Å²) in [4.78, 5) is 0. The standard InChI is InChI=1S/BH3O3.Gd.Mg.2H/c2-1(3)4;;;;/h2-4H;;;;. The smallest absolute Gasteiger partial charge is 0.402 e. The molecular weight excluding hydrogens is 240 g/mol. The Balaban J connectivity index is -0.0000000450. The van der Waals surface area contributed by atoms with Crippen molar-refractivity contribution in [3.8, 4) is 0 Å². The summed E-state index contributed by atoms with van der Waals surface area (Å²) in [6.07, 6.45) is 0. The molecule has 0 aliphatic heterocycles. The van der Waals surface area contributed by atoms with Crippen molar-refractivity contribution in [1.82, 2.24) is 0 Å². The molecule has 3 N–H and O–H groups in total. The molecule has 0 amide bonds. The maximum absolute atomic E-state index is 7.17. The van der Waals surface area contributed by atoms with Gasteiger partial charge in [-0.3, -0.25) is 0 Å². The van der Waals surface area contributed by atoms with Crippen LogP contribution in [0.3, 0.4) is 0 Å². The summed E-state index contributed by atoms with van der Waals surface area (Å²) in [6.45, 7) is 0. The third-order valence-electron chi connectivity index (χ3n) is 0. The number of hydrogen-bond donors (Lipinski definition) is 3. The molecule has 0 heterocycles. The summed E-state index contributed by atoms with van der Waals surface area (Å²) in [7, 11) is -2.17. The third-order valence-corrected chi connectivity index (χ3v) is 0. The summed E-state index contributed by atoms with van der Waals surface area (Å²) < 4.78 is 0. The molecule has 0 saturated heterocycles. The van der Waals surface area contributed by atoms with Crippen LogP contribution in [-0.4, -0.2) is 45.4 Å². The molecule has 0 saturated carbocycles. The summed E-state index contributed by atoms with van der Waals surface area (Å²) >= 11 is 0.